The van der Waals surface area contributed by atoms with Crippen LogP contribution in [0.2, 0.25) is 0 Å². The highest BCUT2D eigenvalue weighted by molar-refractivity contribution is 7.89. The van der Waals surface area contributed by atoms with Crippen LogP contribution in [0, 0.1) is 12.8 Å². The molecule has 1 N–H and O–H groups in total. The fourth-order valence-electron chi connectivity index (χ4n) is 4.01. The molecule has 1 amide bonds. The maximum atomic E-state index is 12.8. The Morgan fingerprint density at radius 2 is 1.92 bits per heavy atom. The highest BCUT2D eigenvalue weighted by Crippen LogP contribution is 2.39. The summed E-state index contributed by atoms with van der Waals surface area (Å²) in [5.41, 5.74) is 1.41. The predicted octanol–water partition coefficient (Wildman–Crippen LogP) is 1.97. The largest absolute Gasteiger partial charge is 0.334 e. The molecule has 2 aliphatic rings. The maximum Gasteiger partial charge on any atom is 0.255 e. The van der Waals surface area contributed by atoms with Crippen molar-refractivity contribution in [1.82, 2.24) is 14.6 Å². The molecule has 1 aliphatic heterocycles. The first-order valence-electron chi connectivity index (χ1n) is 8.75. The molecule has 4 rings (SSSR count). The Hall–Kier alpha value is -2.25. The lowest BCUT2D eigenvalue weighted by Gasteiger charge is -2.33. The number of aryl methyl sites for hydroxylation is 1. The second kappa shape index (κ2) is 6.48. The van der Waals surface area contributed by atoms with Crippen LogP contribution in [0.25, 0.3) is 0 Å². The molecule has 1 saturated heterocycles. The Morgan fingerprint density at radius 1 is 1.15 bits per heavy atom. The molecule has 136 valence electrons. The van der Waals surface area contributed by atoms with E-state index in [2.05, 4.69) is 9.71 Å². The third-order valence-electron chi connectivity index (χ3n) is 5.26. The summed E-state index contributed by atoms with van der Waals surface area (Å²) in [5.74, 6) is 0.263. The average molecular weight is 371 g/mol. The number of hydrogen-bond donors (Lipinski definition) is 1. The van der Waals surface area contributed by atoms with Crippen molar-refractivity contribution in [1.29, 1.82) is 0 Å². The fourth-order valence-corrected chi connectivity index (χ4v) is 5.32. The van der Waals surface area contributed by atoms with E-state index in [0.29, 0.717) is 18.0 Å². The van der Waals surface area contributed by atoms with Crippen molar-refractivity contribution in [3.8, 4) is 0 Å². The van der Waals surface area contributed by atoms with Gasteiger partial charge in [-0.1, -0.05) is 18.2 Å². The minimum Gasteiger partial charge on any atom is -0.334 e. The van der Waals surface area contributed by atoms with E-state index in [0.717, 1.165) is 18.5 Å². The second-order valence-corrected chi connectivity index (χ2v) is 8.81. The van der Waals surface area contributed by atoms with Crippen LogP contribution < -0.4 is 4.72 Å². The Bertz CT molecular complexity index is 913. The predicted molar refractivity (Wildman–Crippen MR) is 97.1 cm³/mol. The number of amides is 1. The lowest BCUT2D eigenvalue weighted by Crippen LogP contribution is -2.51. The van der Waals surface area contributed by atoms with Crippen LogP contribution in [0.5, 0.6) is 0 Å². The fraction of sp³-hybridized carbons (Fsp3) is 0.368. The van der Waals surface area contributed by atoms with E-state index in [1.807, 2.05) is 13.0 Å². The van der Waals surface area contributed by atoms with Gasteiger partial charge in [0.25, 0.3) is 5.91 Å². The number of nitrogens with zero attached hydrogens (tertiary/aromatic N) is 2. The van der Waals surface area contributed by atoms with E-state index in [1.54, 1.807) is 47.5 Å². The summed E-state index contributed by atoms with van der Waals surface area (Å²) in [4.78, 5) is 19.1. The van der Waals surface area contributed by atoms with Gasteiger partial charge in [-0.2, -0.15) is 0 Å². The van der Waals surface area contributed by atoms with Crippen LogP contribution in [0.15, 0.2) is 53.6 Å². The Balaban J connectivity index is 1.52. The highest BCUT2D eigenvalue weighted by atomic mass is 32.2. The van der Waals surface area contributed by atoms with Gasteiger partial charge in [0, 0.05) is 30.5 Å². The zero-order valence-corrected chi connectivity index (χ0v) is 15.3. The quantitative estimate of drug-likeness (QED) is 0.891. The van der Waals surface area contributed by atoms with Gasteiger partial charge in [-0.3, -0.25) is 9.78 Å². The van der Waals surface area contributed by atoms with Crippen molar-refractivity contribution in [2.75, 3.05) is 6.54 Å². The third-order valence-corrected chi connectivity index (χ3v) is 6.77. The molecule has 1 aromatic heterocycles. The summed E-state index contributed by atoms with van der Waals surface area (Å²) in [6.45, 7) is 2.56. The molecular formula is C19H21N3O3S. The maximum absolute atomic E-state index is 12.8. The zero-order chi connectivity index (χ0) is 18.3. The summed E-state index contributed by atoms with van der Waals surface area (Å²) >= 11 is 0. The molecule has 0 radical (unpaired) electrons. The number of carbonyl (C=O) groups excluding carboxylic acids is 1. The van der Waals surface area contributed by atoms with Gasteiger partial charge in [0.2, 0.25) is 10.0 Å². The van der Waals surface area contributed by atoms with E-state index in [1.165, 1.54) is 0 Å². The number of aromatic nitrogens is 1. The number of pyridine rings is 1. The summed E-state index contributed by atoms with van der Waals surface area (Å²) in [6, 6.07) is 11.6. The number of piperidine rings is 1. The standard InChI is InChI=1S/C19H21N3O3S/c1-13-7-8-15(11-20-13)19(23)22-12-14-9-17(18(22)10-14)21-26(24,25)16-5-3-2-4-6-16/h2-8,11,14,17-18,21H,9-10,12H2,1H3. The van der Waals surface area contributed by atoms with E-state index in [9.17, 15) is 13.2 Å². The number of nitrogens with one attached hydrogen (secondary N) is 1. The Morgan fingerprint density at radius 3 is 2.58 bits per heavy atom. The molecule has 6 nitrogen and oxygen atoms in total. The molecule has 7 heteroatoms. The summed E-state index contributed by atoms with van der Waals surface area (Å²) in [6.07, 6.45) is 3.20. The molecule has 3 atom stereocenters. The van der Waals surface area contributed by atoms with Crippen LogP contribution in [-0.4, -0.2) is 42.8 Å². The van der Waals surface area contributed by atoms with E-state index < -0.39 is 10.0 Å². The molecule has 1 saturated carbocycles. The van der Waals surface area contributed by atoms with Gasteiger partial charge in [-0.15, -0.1) is 0 Å². The van der Waals surface area contributed by atoms with Crippen LogP contribution >= 0.6 is 0 Å². The molecule has 26 heavy (non-hydrogen) atoms. The van der Waals surface area contributed by atoms with E-state index in [4.69, 9.17) is 0 Å². The van der Waals surface area contributed by atoms with Gasteiger partial charge < -0.3 is 4.90 Å². The van der Waals surface area contributed by atoms with Crippen LogP contribution in [0.1, 0.15) is 28.9 Å². The van der Waals surface area contributed by atoms with Gasteiger partial charge >= 0.3 is 0 Å². The summed E-state index contributed by atoms with van der Waals surface area (Å²) in [5, 5.41) is 0. The highest BCUT2D eigenvalue weighted by Gasteiger charge is 2.48. The second-order valence-electron chi connectivity index (χ2n) is 7.09. The Labute approximate surface area is 153 Å². The molecule has 0 spiro atoms. The van der Waals surface area contributed by atoms with Crippen molar-refractivity contribution in [3.05, 3.63) is 59.9 Å². The Kier molecular flexibility index (Phi) is 4.28. The molecular weight excluding hydrogens is 350 g/mol. The average Bonchev–Trinajstić information content (AvgIpc) is 3.22. The number of likely N-dealkylation sites (tertiary alicyclic amines) is 1. The van der Waals surface area contributed by atoms with Gasteiger partial charge in [0.05, 0.1) is 10.5 Å². The summed E-state index contributed by atoms with van der Waals surface area (Å²) < 4.78 is 28.1. The van der Waals surface area contributed by atoms with Crippen LogP contribution in [-0.2, 0) is 10.0 Å². The van der Waals surface area contributed by atoms with E-state index >= 15 is 0 Å². The van der Waals surface area contributed by atoms with Crippen LogP contribution in [0.4, 0.5) is 0 Å². The van der Waals surface area contributed by atoms with Crippen molar-refractivity contribution >= 4 is 15.9 Å². The zero-order valence-electron chi connectivity index (χ0n) is 14.5. The minimum atomic E-state index is -3.59. The smallest absolute Gasteiger partial charge is 0.255 e. The first-order chi connectivity index (χ1) is 12.4. The topological polar surface area (TPSA) is 79.4 Å². The molecule has 2 aromatic rings. The van der Waals surface area contributed by atoms with Gasteiger partial charge in [0.1, 0.15) is 0 Å². The molecule has 2 fully saturated rings. The van der Waals surface area contributed by atoms with Gasteiger partial charge in [0.15, 0.2) is 0 Å². The summed E-state index contributed by atoms with van der Waals surface area (Å²) in [7, 11) is -3.59. The lowest BCUT2D eigenvalue weighted by molar-refractivity contribution is 0.0677. The minimum absolute atomic E-state index is 0.0754. The van der Waals surface area contributed by atoms with Gasteiger partial charge in [-0.25, -0.2) is 13.1 Å². The number of carbonyl (C=O) groups is 1. The molecule has 1 aliphatic carbocycles. The normalized spacial score (nSPS) is 24.8. The van der Waals surface area contributed by atoms with Crippen LogP contribution in [0.3, 0.4) is 0 Å². The van der Waals surface area contributed by atoms with Crippen molar-refractivity contribution in [2.24, 2.45) is 5.92 Å². The number of benzene rings is 1. The number of hydrogen-bond acceptors (Lipinski definition) is 4. The first-order valence-corrected chi connectivity index (χ1v) is 10.2. The number of sulfonamides is 1. The van der Waals surface area contributed by atoms with Crippen molar-refractivity contribution in [2.45, 2.75) is 36.7 Å². The molecule has 3 unspecified atom stereocenters. The van der Waals surface area contributed by atoms with E-state index in [-0.39, 0.29) is 22.9 Å². The molecule has 2 heterocycles. The SMILES string of the molecule is Cc1ccc(C(=O)N2CC3CC(NS(=O)(=O)c4ccccc4)C2C3)cn1. The monoisotopic (exact) mass is 371 g/mol. The third kappa shape index (κ3) is 3.12. The molecule has 2 bridgehead atoms. The number of fused-ring (bicyclic) bond motifs is 2. The van der Waals surface area contributed by atoms with Crippen molar-refractivity contribution < 1.29 is 13.2 Å². The lowest BCUT2D eigenvalue weighted by atomic mass is 10.1. The first kappa shape index (κ1) is 17.2. The number of rotatable bonds is 4. The van der Waals surface area contributed by atoms with Gasteiger partial charge in [-0.05, 0) is 49.9 Å². The van der Waals surface area contributed by atoms with Crippen molar-refractivity contribution in [3.63, 3.8) is 0 Å². The molecule has 1 aromatic carbocycles.